The Balaban J connectivity index is 1.55. The average Bonchev–Trinajstić information content (AvgIpc) is 3.02. The molecule has 5 nitrogen and oxygen atoms in total. The summed E-state index contributed by atoms with van der Waals surface area (Å²) < 4.78 is 5.53. The van der Waals surface area contributed by atoms with Crippen LogP contribution in [0.3, 0.4) is 0 Å². The molecule has 1 aromatic rings. The van der Waals surface area contributed by atoms with Crippen molar-refractivity contribution in [2.24, 2.45) is 11.8 Å². The average molecular weight is 289 g/mol. The molecule has 0 saturated carbocycles. The van der Waals surface area contributed by atoms with Crippen LogP contribution in [0, 0.1) is 11.8 Å². The fraction of sp³-hybridized carbons (Fsp3) is 0.562. The lowest BCUT2D eigenvalue weighted by Gasteiger charge is -2.17. The van der Waals surface area contributed by atoms with E-state index in [2.05, 4.69) is 15.5 Å². The topological polar surface area (TPSA) is 53.6 Å². The Morgan fingerprint density at radius 3 is 2.76 bits per heavy atom. The Labute approximate surface area is 125 Å². The molecule has 2 fully saturated rings. The first-order valence-electron chi connectivity index (χ1n) is 7.71. The predicted molar refractivity (Wildman–Crippen MR) is 82.5 cm³/mol. The summed E-state index contributed by atoms with van der Waals surface area (Å²) in [5.74, 6) is 2.20. The zero-order chi connectivity index (χ0) is 14.7. The van der Waals surface area contributed by atoms with Gasteiger partial charge in [0, 0.05) is 13.1 Å². The van der Waals surface area contributed by atoms with Crippen molar-refractivity contribution in [1.82, 2.24) is 10.2 Å². The minimum Gasteiger partial charge on any atom is -0.492 e. The van der Waals surface area contributed by atoms with Crippen molar-refractivity contribution in [3.05, 3.63) is 24.3 Å². The Morgan fingerprint density at radius 1 is 1.33 bits per heavy atom. The summed E-state index contributed by atoms with van der Waals surface area (Å²) in [6, 6.07) is 7.58. The lowest BCUT2D eigenvalue weighted by molar-refractivity contribution is -0.117. The zero-order valence-electron chi connectivity index (χ0n) is 12.5. The quantitative estimate of drug-likeness (QED) is 0.854. The number of hydrogen-bond donors (Lipinski definition) is 2. The van der Waals surface area contributed by atoms with E-state index in [-0.39, 0.29) is 5.91 Å². The maximum Gasteiger partial charge on any atom is 0.238 e. The van der Waals surface area contributed by atoms with Crippen LogP contribution in [0.25, 0.3) is 0 Å². The first kappa shape index (κ1) is 14.4. The van der Waals surface area contributed by atoms with Gasteiger partial charge in [0.1, 0.15) is 5.75 Å². The number of nitrogens with one attached hydrogen (secondary N) is 2. The van der Waals surface area contributed by atoms with Gasteiger partial charge in [0.2, 0.25) is 5.91 Å². The molecule has 5 heteroatoms. The smallest absolute Gasteiger partial charge is 0.238 e. The molecule has 2 heterocycles. The fourth-order valence-electron chi connectivity index (χ4n) is 3.33. The van der Waals surface area contributed by atoms with Crippen LogP contribution in [0.15, 0.2) is 24.3 Å². The number of para-hydroxylation sites is 2. The summed E-state index contributed by atoms with van der Waals surface area (Å²) in [4.78, 5) is 14.5. The normalized spacial score (nSPS) is 24.8. The molecule has 0 spiro atoms. The number of carbonyl (C=O) groups excluding carboxylic acids is 1. The Kier molecular flexibility index (Phi) is 4.41. The maximum absolute atomic E-state index is 12.2. The van der Waals surface area contributed by atoms with Crippen LogP contribution in [0.1, 0.15) is 6.92 Å². The van der Waals surface area contributed by atoms with E-state index in [1.807, 2.05) is 31.2 Å². The molecule has 0 radical (unpaired) electrons. The first-order chi connectivity index (χ1) is 10.3. The minimum atomic E-state index is 0.0371. The van der Waals surface area contributed by atoms with E-state index in [9.17, 15) is 4.79 Å². The number of ether oxygens (including phenoxy) is 1. The van der Waals surface area contributed by atoms with Crippen molar-refractivity contribution in [3.63, 3.8) is 0 Å². The van der Waals surface area contributed by atoms with Gasteiger partial charge in [-0.2, -0.15) is 0 Å². The minimum absolute atomic E-state index is 0.0371. The molecule has 21 heavy (non-hydrogen) atoms. The monoisotopic (exact) mass is 289 g/mol. The number of carbonyl (C=O) groups is 1. The van der Waals surface area contributed by atoms with Crippen molar-refractivity contribution < 1.29 is 9.53 Å². The van der Waals surface area contributed by atoms with Crippen LogP contribution in [0.5, 0.6) is 5.75 Å². The Bertz CT molecular complexity index is 494. The van der Waals surface area contributed by atoms with Crippen LogP contribution < -0.4 is 15.4 Å². The van der Waals surface area contributed by atoms with Gasteiger partial charge in [-0.05, 0) is 44.0 Å². The molecular weight excluding hydrogens is 266 g/mol. The van der Waals surface area contributed by atoms with Gasteiger partial charge in [0.25, 0.3) is 0 Å². The van der Waals surface area contributed by atoms with E-state index in [0.717, 1.165) is 37.6 Å². The lowest BCUT2D eigenvalue weighted by Crippen LogP contribution is -2.33. The second-order valence-corrected chi connectivity index (χ2v) is 5.85. The zero-order valence-corrected chi connectivity index (χ0v) is 12.5. The Morgan fingerprint density at radius 2 is 2.05 bits per heavy atom. The molecule has 2 unspecified atom stereocenters. The van der Waals surface area contributed by atoms with Crippen molar-refractivity contribution in [2.45, 2.75) is 6.92 Å². The van der Waals surface area contributed by atoms with Crippen molar-refractivity contribution in [2.75, 3.05) is 44.6 Å². The van der Waals surface area contributed by atoms with Gasteiger partial charge in [-0.1, -0.05) is 12.1 Å². The highest BCUT2D eigenvalue weighted by Crippen LogP contribution is 2.27. The highest BCUT2D eigenvalue weighted by molar-refractivity contribution is 5.93. The largest absolute Gasteiger partial charge is 0.492 e. The SMILES string of the molecule is CCOc1ccccc1NC(=O)CN1CC2CNCC2C1. The molecule has 2 saturated heterocycles. The molecule has 3 rings (SSSR count). The van der Waals surface area contributed by atoms with Gasteiger partial charge in [0.15, 0.2) is 0 Å². The summed E-state index contributed by atoms with van der Waals surface area (Å²) >= 11 is 0. The molecule has 0 bridgehead atoms. The van der Waals surface area contributed by atoms with Gasteiger partial charge in [-0.25, -0.2) is 0 Å². The number of fused-ring (bicyclic) bond motifs is 1. The van der Waals surface area contributed by atoms with Crippen LogP contribution in [-0.4, -0.2) is 50.1 Å². The molecule has 1 amide bonds. The summed E-state index contributed by atoms with van der Waals surface area (Å²) in [6.07, 6.45) is 0. The number of benzene rings is 1. The highest BCUT2D eigenvalue weighted by atomic mass is 16.5. The molecule has 2 N–H and O–H groups in total. The maximum atomic E-state index is 12.2. The Hall–Kier alpha value is -1.59. The molecule has 114 valence electrons. The van der Waals surface area contributed by atoms with Gasteiger partial charge in [-0.3, -0.25) is 9.69 Å². The summed E-state index contributed by atoms with van der Waals surface area (Å²) in [5, 5.41) is 6.38. The van der Waals surface area contributed by atoms with E-state index in [1.165, 1.54) is 0 Å². The number of amides is 1. The van der Waals surface area contributed by atoms with Gasteiger partial charge in [-0.15, -0.1) is 0 Å². The van der Waals surface area contributed by atoms with Gasteiger partial charge < -0.3 is 15.4 Å². The van der Waals surface area contributed by atoms with E-state index in [1.54, 1.807) is 0 Å². The number of nitrogens with zero attached hydrogens (tertiary/aromatic N) is 1. The van der Waals surface area contributed by atoms with Crippen LogP contribution in [-0.2, 0) is 4.79 Å². The highest BCUT2D eigenvalue weighted by Gasteiger charge is 2.36. The van der Waals surface area contributed by atoms with E-state index < -0.39 is 0 Å². The summed E-state index contributed by atoms with van der Waals surface area (Å²) in [6.45, 7) is 7.24. The second kappa shape index (κ2) is 6.45. The third kappa shape index (κ3) is 3.36. The molecule has 0 aromatic heterocycles. The molecule has 2 aliphatic rings. The van der Waals surface area contributed by atoms with Crippen molar-refractivity contribution >= 4 is 11.6 Å². The first-order valence-corrected chi connectivity index (χ1v) is 7.71. The predicted octanol–water partition coefficient (Wildman–Crippen LogP) is 1.17. The summed E-state index contributed by atoms with van der Waals surface area (Å²) in [7, 11) is 0. The molecule has 2 aliphatic heterocycles. The van der Waals surface area contributed by atoms with Crippen LogP contribution >= 0.6 is 0 Å². The third-order valence-electron chi connectivity index (χ3n) is 4.29. The van der Waals surface area contributed by atoms with Crippen LogP contribution in [0.2, 0.25) is 0 Å². The van der Waals surface area contributed by atoms with Crippen molar-refractivity contribution in [3.8, 4) is 5.75 Å². The van der Waals surface area contributed by atoms with Gasteiger partial charge >= 0.3 is 0 Å². The number of hydrogen-bond acceptors (Lipinski definition) is 4. The third-order valence-corrected chi connectivity index (χ3v) is 4.29. The summed E-state index contributed by atoms with van der Waals surface area (Å²) in [5.41, 5.74) is 0.755. The van der Waals surface area contributed by atoms with Crippen LogP contribution in [0.4, 0.5) is 5.69 Å². The molecule has 0 aliphatic carbocycles. The van der Waals surface area contributed by atoms with Crippen molar-refractivity contribution in [1.29, 1.82) is 0 Å². The number of anilines is 1. The standard InChI is InChI=1S/C16H23N3O2/c1-2-21-15-6-4-3-5-14(15)18-16(20)11-19-9-12-7-17-8-13(12)10-19/h3-6,12-13,17H,2,7-11H2,1H3,(H,18,20). The van der Waals surface area contributed by atoms with E-state index in [4.69, 9.17) is 4.74 Å². The van der Waals surface area contributed by atoms with E-state index in [0.29, 0.717) is 25.0 Å². The molecular formula is C16H23N3O2. The van der Waals surface area contributed by atoms with E-state index >= 15 is 0 Å². The fourth-order valence-corrected chi connectivity index (χ4v) is 3.33. The second-order valence-electron chi connectivity index (χ2n) is 5.85. The lowest BCUT2D eigenvalue weighted by atomic mass is 10.0. The van der Waals surface area contributed by atoms with Gasteiger partial charge in [0.05, 0.1) is 18.8 Å². The molecule has 1 aromatic carbocycles. The number of rotatable bonds is 5. The molecule has 2 atom stereocenters. The number of likely N-dealkylation sites (tertiary alicyclic amines) is 1.